The molecule has 180 valence electrons. The zero-order valence-electron chi connectivity index (χ0n) is 19.5. The molecule has 1 fully saturated rings. The van der Waals surface area contributed by atoms with Crippen LogP contribution in [-0.2, 0) is 4.74 Å². The maximum absolute atomic E-state index is 10.1. The minimum absolute atomic E-state index is 0.0509. The molecule has 4 nitrogen and oxygen atoms in total. The molecule has 1 aromatic rings. The van der Waals surface area contributed by atoms with Gasteiger partial charge in [0.25, 0.3) is 0 Å². The molecule has 31 heavy (non-hydrogen) atoms. The average molecular weight is 495 g/mol. The third kappa shape index (κ3) is 13.7. The molecule has 0 amide bonds. The van der Waals surface area contributed by atoms with Crippen LogP contribution in [-0.4, -0.2) is 37.8 Å². The number of halogens is 2. The van der Waals surface area contributed by atoms with Crippen molar-refractivity contribution in [2.75, 3.05) is 19.6 Å². The largest absolute Gasteiger partial charge is 0.544 e. The standard InChI is InChI=1S/C19H39NO.C5H2Cl2O2S/c1-4-5-6-7-8-9-10-11-12-13-14-15-20-16-18(2)21-19(3)17-20;6-2-1-3(5(8)9)10-4(2)7/h18-19H,4-17H2,1-3H3;1H,(H,8,9). The van der Waals surface area contributed by atoms with Gasteiger partial charge in [-0.15, -0.1) is 11.3 Å². The van der Waals surface area contributed by atoms with Crippen molar-refractivity contribution in [1.29, 1.82) is 0 Å². The first-order valence-electron chi connectivity index (χ1n) is 12.0. The molecule has 0 bridgehead atoms. The molecule has 0 saturated carbocycles. The first-order chi connectivity index (χ1) is 14.8. The van der Waals surface area contributed by atoms with Crippen LogP contribution in [0, 0.1) is 0 Å². The predicted octanol–water partition coefficient (Wildman–Crippen LogP) is 5.41. The van der Waals surface area contributed by atoms with E-state index in [1.54, 1.807) is 4.90 Å². The summed E-state index contributed by atoms with van der Waals surface area (Å²) in [6, 6.07) is 1.27. The minimum atomic E-state index is -1.25. The van der Waals surface area contributed by atoms with Crippen molar-refractivity contribution in [3.8, 4) is 0 Å². The Labute approximate surface area is 203 Å². The van der Waals surface area contributed by atoms with Crippen LogP contribution < -0.4 is 10.0 Å². The van der Waals surface area contributed by atoms with Gasteiger partial charge in [-0.25, -0.2) is 0 Å². The van der Waals surface area contributed by atoms with Crippen molar-refractivity contribution in [2.45, 2.75) is 104 Å². The first-order valence-corrected chi connectivity index (χ1v) is 13.6. The van der Waals surface area contributed by atoms with Crippen LogP contribution in [0.5, 0.6) is 0 Å². The summed E-state index contributed by atoms with van der Waals surface area (Å²) in [5, 5.41) is 10.4. The lowest BCUT2D eigenvalue weighted by Gasteiger charge is -2.32. The number of hydrogen-bond donors (Lipinski definition) is 1. The molecule has 1 N–H and O–H groups in total. The molecular weight excluding hydrogens is 453 g/mol. The number of hydrogen-bond acceptors (Lipinski definition) is 4. The summed E-state index contributed by atoms with van der Waals surface area (Å²) in [6.45, 7) is 10.5. The number of nitrogens with one attached hydrogen (secondary N) is 1. The lowest BCUT2D eigenvalue weighted by molar-refractivity contribution is -0.915. The fourth-order valence-electron chi connectivity index (χ4n) is 4.08. The van der Waals surface area contributed by atoms with Crippen molar-refractivity contribution in [1.82, 2.24) is 0 Å². The lowest BCUT2D eigenvalue weighted by atomic mass is 10.1. The smallest absolute Gasteiger partial charge is 0.112 e. The van der Waals surface area contributed by atoms with Crippen LogP contribution in [0.1, 0.15) is 101 Å². The van der Waals surface area contributed by atoms with Gasteiger partial charge in [0.1, 0.15) is 29.6 Å². The second-order valence-corrected chi connectivity index (χ2v) is 10.8. The molecule has 1 saturated heterocycles. The van der Waals surface area contributed by atoms with E-state index in [4.69, 9.17) is 27.9 Å². The van der Waals surface area contributed by atoms with Crippen molar-refractivity contribution in [3.05, 3.63) is 20.3 Å². The summed E-state index contributed by atoms with van der Waals surface area (Å²) in [5.41, 5.74) is 0. The molecule has 1 aliphatic heterocycles. The third-order valence-corrected chi connectivity index (χ3v) is 7.44. The Hall–Kier alpha value is -0.330. The number of quaternary nitrogens is 1. The van der Waals surface area contributed by atoms with E-state index in [2.05, 4.69) is 20.8 Å². The molecular formula is C24H41Cl2NO3S. The van der Waals surface area contributed by atoms with Crippen molar-refractivity contribution in [3.63, 3.8) is 0 Å². The Balaban J connectivity index is 0.000000399. The number of carboxylic acids is 1. The second kappa shape index (κ2) is 17.2. The molecule has 0 radical (unpaired) electrons. The van der Waals surface area contributed by atoms with E-state index in [9.17, 15) is 9.90 Å². The molecule has 1 aliphatic rings. The topological polar surface area (TPSA) is 53.8 Å². The molecule has 1 aromatic heterocycles. The van der Waals surface area contributed by atoms with Gasteiger partial charge in [-0.3, -0.25) is 0 Å². The summed E-state index contributed by atoms with van der Waals surface area (Å²) >= 11 is 11.8. The third-order valence-electron chi connectivity index (χ3n) is 5.60. The normalized spacial score (nSPS) is 20.9. The summed E-state index contributed by atoms with van der Waals surface area (Å²) in [5.74, 6) is -1.25. The maximum atomic E-state index is 10.1. The van der Waals surface area contributed by atoms with Gasteiger partial charge in [-0.05, 0) is 32.8 Å². The monoisotopic (exact) mass is 493 g/mol. The van der Waals surface area contributed by atoms with Crippen molar-refractivity contribution < 1.29 is 19.5 Å². The highest BCUT2D eigenvalue weighted by molar-refractivity contribution is 7.18. The Morgan fingerprint density at radius 3 is 1.87 bits per heavy atom. The summed E-state index contributed by atoms with van der Waals surface area (Å²) in [6.07, 6.45) is 16.8. The van der Waals surface area contributed by atoms with E-state index in [0.717, 1.165) is 11.3 Å². The molecule has 0 spiro atoms. The summed E-state index contributed by atoms with van der Waals surface area (Å²) < 4.78 is 6.08. The predicted molar refractivity (Wildman–Crippen MR) is 131 cm³/mol. The van der Waals surface area contributed by atoms with E-state index >= 15 is 0 Å². The van der Waals surface area contributed by atoms with E-state index in [-0.39, 0.29) is 14.2 Å². The maximum Gasteiger partial charge on any atom is 0.112 e. The number of unbranched alkanes of at least 4 members (excludes halogenated alkanes) is 10. The Kier molecular flexibility index (Phi) is 15.9. The van der Waals surface area contributed by atoms with Gasteiger partial charge in [-0.2, -0.15) is 0 Å². The summed E-state index contributed by atoms with van der Waals surface area (Å²) in [4.78, 5) is 12.0. The van der Waals surface area contributed by atoms with Crippen molar-refractivity contribution in [2.24, 2.45) is 0 Å². The first kappa shape index (κ1) is 28.7. The van der Waals surface area contributed by atoms with Crippen LogP contribution in [0.4, 0.5) is 0 Å². The number of ether oxygens (including phenoxy) is 1. The molecule has 2 rings (SSSR count). The highest BCUT2D eigenvalue weighted by Crippen LogP contribution is 2.30. The Bertz CT molecular complexity index is 582. The van der Waals surface area contributed by atoms with Crippen LogP contribution >= 0.6 is 34.5 Å². The van der Waals surface area contributed by atoms with E-state index in [1.807, 2.05) is 0 Å². The van der Waals surface area contributed by atoms with E-state index in [1.165, 1.54) is 96.3 Å². The van der Waals surface area contributed by atoms with Gasteiger partial charge in [0.15, 0.2) is 0 Å². The zero-order chi connectivity index (χ0) is 23.1. The molecule has 2 heterocycles. The Morgan fingerprint density at radius 2 is 1.48 bits per heavy atom. The quantitative estimate of drug-likeness (QED) is 0.373. The Morgan fingerprint density at radius 1 is 1.00 bits per heavy atom. The zero-order valence-corrected chi connectivity index (χ0v) is 21.8. The second-order valence-electron chi connectivity index (χ2n) is 8.72. The van der Waals surface area contributed by atoms with Crippen LogP contribution in [0.25, 0.3) is 0 Å². The van der Waals surface area contributed by atoms with Gasteiger partial charge >= 0.3 is 0 Å². The van der Waals surface area contributed by atoms with Gasteiger partial charge in [0.05, 0.1) is 22.4 Å². The van der Waals surface area contributed by atoms with Crippen molar-refractivity contribution >= 4 is 40.5 Å². The minimum Gasteiger partial charge on any atom is -0.544 e. The molecule has 7 heteroatoms. The number of aromatic carboxylic acids is 1. The van der Waals surface area contributed by atoms with Crippen LogP contribution in [0.2, 0.25) is 9.36 Å². The number of carbonyl (C=O) groups is 1. The van der Waals surface area contributed by atoms with Gasteiger partial charge in [0, 0.05) is 0 Å². The number of thiophene rings is 1. The number of carboxylic acid groups (broad SMARTS) is 1. The lowest BCUT2D eigenvalue weighted by Crippen LogP contribution is -3.15. The fourth-order valence-corrected chi connectivity index (χ4v) is 5.28. The highest BCUT2D eigenvalue weighted by Gasteiger charge is 2.24. The molecule has 0 aromatic carbocycles. The fraction of sp³-hybridized carbons (Fsp3) is 0.792. The number of carbonyl (C=O) groups excluding carboxylic acids is 1. The number of rotatable bonds is 13. The van der Waals surface area contributed by atoms with E-state index in [0.29, 0.717) is 12.2 Å². The molecule has 2 atom stereocenters. The SMILES string of the molecule is CCCCCCCCCCCCC[NH+]1CC(C)OC(C)C1.O=C([O-])c1cc(Cl)c(Cl)s1. The van der Waals surface area contributed by atoms with E-state index < -0.39 is 5.97 Å². The molecule has 0 aliphatic carbocycles. The van der Waals surface area contributed by atoms with Gasteiger partial charge < -0.3 is 19.5 Å². The average Bonchev–Trinajstić information content (AvgIpc) is 3.05. The highest BCUT2D eigenvalue weighted by atomic mass is 35.5. The van der Waals surface area contributed by atoms with Gasteiger partial charge in [-0.1, -0.05) is 87.9 Å². The van der Waals surface area contributed by atoms with Crippen LogP contribution in [0.3, 0.4) is 0 Å². The van der Waals surface area contributed by atoms with Crippen LogP contribution in [0.15, 0.2) is 6.07 Å². The van der Waals surface area contributed by atoms with Gasteiger partial charge in [0.2, 0.25) is 0 Å². The summed E-state index contributed by atoms with van der Waals surface area (Å²) in [7, 11) is 0. The molecule has 2 unspecified atom stereocenters. The number of morpholine rings is 1.